The Morgan fingerprint density at radius 3 is 2.50 bits per heavy atom. The highest BCUT2D eigenvalue weighted by Gasteiger charge is 2.17. The molecule has 0 radical (unpaired) electrons. The molecule has 9 heteroatoms. The van der Waals surface area contributed by atoms with Gasteiger partial charge in [-0.2, -0.15) is 25.0 Å². The van der Waals surface area contributed by atoms with E-state index >= 15 is 0 Å². The summed E-state index contributed by atoms with van der Waals surface area (Å²) in [7, 11) is 0. The van der Waals surface area contributed by atoms with Crippen LogP contribution in [0.15, 0.2) is 30.5 Å². The van der Waals surface area contributed by atoms with Gasteiger partial charge in [0.15, 0.2) is 0 Å². The van der Waals surface area contributed by atoms with E-state index in [1.54, 1.807) is 0 Å². The monoisotopic (exact) mass is 349 g/mol. The van der Waals surface area contributed by atoms with Gasteiger partial charge in [0.1, 0.15) is 29.0 Å². The van der Waals surface area contributed by atoms with E-state index in [9.17, 15) is 10.1 Å². The molecule has 9 nitrogen and oxygen atoms in total. The van der Waals surface area contributed by atoms with Crippen molar-refractivity contribution < 1.29 is 9.90 Å². The van der Waals surface area contributed by atoms with Crippen molar-refractivity contribution in [2.75, 3.05) is 11.1 Å². The van der Waals surface area contributed by atoms with Gasteiger partial charge in [0.25, 0.3) is 5.95 Å². The molecule has 0 unspecified atom stereocenters. The third-order valence-electron chi connectivity index (χ3n) is 3.55. The quantitative estimate of drug-likeness (QED) is 0.650. The van der Waals surface area contributed by atoms with Gasteiger partial charge < -0.3 is 16.2 Å². The molecule has 0 bridgehead atoms. The zero-order chi connectivity index (χ0) is 18.8. The smallest absolute Gasteiger partial charge is 0.341 e. The average molecular weight is 349 g/mol. The number of hydrogen-bond acceptors (Lipinski definition) is 7. The second-order valence-corrected chi connectivity index (χ2v) is 5.71. The zero-order valence-electron chi connectivity index (χ0n) is 14.1. The molecule has 130 valence electrons. The number of aryl methyl sites for hydroxylation is 2. The summed E-state index contributed by atoms with van der Waals surface area (Å²) in [6.07, 6.45) is 1.11. The van der Waals surface area contributed by atoms with Crippen molar-refractivity contribution in [2.45, 2.75) is 13.8 Å². The minimum Gasteiger partial charge on any atom is -0.477 e. The van der Waals surface area contributed by atoms with Crippen LogP contribution in [0.5, 0.6) is 0 Å². The lowest BCUT2D eigenvalue weighted by molar-refractivity contribution is 0.0698. The lowest BCUT2D eigenvalue weighted by atomic mass is 10.1. The van der Waals surface area contributed by atoms with Crippen LogP contribution in [-0.2, 0) is 0 Å². The van der Waals surface area contributed by atoms with Crippen LogP contribution in [0.1, 0.15) is 27.2 Å². The predicted molar refractivity (Wildman–Crippen MR) is 94.4 cm³/mol. The van der Waals surface area contributed by atoms with Gasteiger partial charge in [-0.3, -0.25) is 0 Å². The first-order valence-corrected chi connectivity index (χ1v) is 7.59. The highest BCUT2D eigenvalue weighted by molar-refractivity contribution is 5.92. The van der Waals surface area contributed by atoms with Gasteiger partial charge in [-0.1, -0.05) is 6.07 Å². The van der Waals surface area contributed by atoms with Gasteiger partial charge in [0.2, 0.25) is 0 Å². The van der Waals surface area contributed by atoms with Crippen LogP contribution in [0.4, 0.5) is 17.3 Å². The Labute approximate surface area is 148 Å². The molecule has 0 spiro atoms. The summed E-state index contributed by atoms with van der Waals surface area (Å²) in [5.41, 5.74) is 8.68. The van der Waals surface area contributed by atoms with Crippen molar-refractivity contribution in [2.24, 2.45) is 0 Å². The Morgan fingerprint density at radius 2 is 1.92 bits per heavy atom. The molecule has 0 saturated heterocycles. The number of nitrogen functional groups attached to an aromatic ring is 1. The van der Waals surface area contributed by atoms with Crippen LogP contribution >= 0.6 is 0 Å². The lowest BCUT2D eigenvalue weighted by Gasteiger charge is -2.10. The molecule has 0 atom stereocenters. The summed E-state index contributed by atoms with van der Waals surface area (Å²) >= 11 is 0. The topological polar surface area (TPSA) is 143 Å². The van der Waals surface area contributed by atoms with E-state index in [0.29, 0.717) is 5.82 Å². The molecule has 2 aromatic heterocycles. The van der Waals surface area contributed by atoms with Crippen molar-refractivity contribution in [1.29, 1.82) is 5.26 Å². The van der Waals surface area contributed by atoms with Crippen LogP contribution in [0, 0.1) is 25.2 Å². The van der Waals surface area contributed by atoms with Crippen LogP contribution in [0.25, 0.3) is 5.95 Å². The molecule has 3 rings (SSSR count). The van der Waals surface area contributed by atoms with Crippen LogP contribution in [0.2, 0.25) is 0 Å². The van der Waals surface area contributed by atoms with Crippen LogP contribution < -0.4 is 11.1 Å². The Bertz CT molecular complexity index is 1030. The highest BCUT2D eigenvalue weighted by Crippen LogP contribution is 2.21. The molecular weight excluding hydrogens is 334 g/mol. The SMILES string of the molecule is Cc1cc(C)cc(Nc2cc(C#N)nc(-n3ncc(C(=O)O)c3N)n2)c1. The van der Waals surface area contributed by atoms with E-state index in [1.807, 2.05) is 38.1 Å². The number of nitrogens with zero attached hydrogens (tertiary/aromatic N) is 5. The van der Waals surface area contributed by atoms with Crippen molar-refractivity contribution in [3.05, 3.63) is 52.8 Å². The third-order valence-corrected chi connectivity index (χ3v) is 3.55. The first-order valence-electron chi connectivity index (χ1n) is 7.59. The molecule has 26 heavy (non-hydrogen) atoms. The van der Waals surface area contributed by atoms with E-state index in [2.05, 4.69) is 20.4 Å². The minimum atomic E-state index is -1.21. The molecule has 0 aliphatic heterocycles. The van der Waals surface area contributed by atoms with Gasteiger partial charge in [-0.05, 0) is 37.1 Å². The average Bonchev–Trinajstić information content (AvgIpc) is 2.95. The molecule has 0 aliphatic carbocycles. The van der Waals surface area contributed by atoms with Crippen molar-refractivity contribution in [3.63, 3.8) is 0 Å². The van der Waals surface area contributed by atoms with Gasteiger partial charge >= 0.3 is 5.97 Å². The number of anilines is 3. The molecule has 0 saturated carbocycles. The first-order chi connectivity index (χ1) is 12.4. The summed E-state index contributed by atoms with van der Waals surface area (Å²) in [5.74, 6) is -0.965. The van der Waals surface area contributed by atoms with Gasteiger partial charge in [-0.25, -0.2) is 4.79 Å². The van der Waals surface area contributed by atoms with E-state index in [-0.39, 0.29) is 23.0 Å². The summed E-state index contributed by atoms with van der Waals surface area (Å²) in [5, 5.41) is 25.3. The van der Waals surface area contributed by atoms with E-state index < -0.39 is 5.97 Å². The number of aromatic nitrogens is 4. The Morgan fingerprint density at radius 1 is 1.23 bits per heavy atom. The van der Waals surface area contributed by atoms with Crippen molar-refractivity contribution in [3.8, 4) is 12.0 Å². The maximum atomic E-state index is 11.1. The van der Waals surface area contributed by atoms with E-state index in [1.165, 1.54) is 6.07 Å². The molecule has 3 aromatic rings. The van der Waals surface area contributed by atoms with E-state index in [4.69, 9.17) is 10.8 Å². The molecule has 0 aliphatic rings. The summed E-state index contributed by atoms with van der Waals surface area (Å²) in [4.78, 5) is 19.5. The molecule has 4 N–H and O–H groups in total. The van der Waals surface area contributed by atoms with Gasteiger partial charge in [0.05, 0.1) is 6.20 Å². The second-order valence-electron chi connectivity index (χ2n) is 5.71. The predicted octanol–water partition coefficient (Wildman–Crippen LogP) is 2.17. The highest BCUT2D eigenvalue weighted by atomic mass is 16.4. The number of carboxylic acids is 1. The molecule has 2 heterocycles. The number of nitrogens with two attached hydrogens (primary N) is 1. The number of benzene rings is 1. The van der Waals surface area contributed by atoms with Crippen molar-refractivity contribution in [1.82, 2.24) is 19.7 Å². The third kappa shape index (κ3) is 3.29. The van der Waals surface area contributed by atoms with Gasteiger partial charge in [-0.15, -0.1) is 0 Å². The summed E-state index contributed by atoms with van der Waals surface area (Å²) in [6.45, 7) is 3.95. The second kappa shape index (κ2) is 6.52. The summed E-state index contributed by atoms with van der Waals surface area (Å²) < 4.78 is 1.08. The number of rotatable bonds is 4. The fourth-order valence-corrected chi connectivity index (χ4v) is 2.53. The number of hydrogen-bond donors (Lipinski definition) is 3. The molecule has 1 aromatic carbocycles. The minimum absolute atomic E-state index is 0.000856. The maximum Gasteiger partial charge on any atom is 0.341 e. The molecular formula is C17H15N7O2. The van der Waals surface area contributed by atoms with Crippen LogP contribution in [0.3, 0.4) is 0 Å². The Balaban J connectivity index is 2.05. The zero-order valence-corrected chi connectivity index (χ0v) is 14.1. The molecule has 0 fully saturated rings. The number of aromatic carboxylic acids is 1. The van der Waals surface area contributed by atoms with Crippen molar-refractivity contribution >= 4 is 23.3 Å². The lowest BCUT2D eigenvalue weighted by Crippen LogP contribution is -2.10. The fraction of sp³-hybridized carbons (Fsp3) is 0.118. The first kappa shape index (κ1) is 16.9. The summed E-state index contributed by atoms with van der Waals surface area (Å²) in [6, 6.07) is 9.34. The standard InChI is InChI=1S/C17H15N7O2/c1-9-3-10(2)5-11(4-9)21-14-6-12(7-18)22-17(23-14)24-15(19)13(8-20-24)16(25)26/h3-6,8H,19H2,1-2H3,(H,25,26)(H,21,22,23). The van der Waals surface area contributed by atoms with Gasteiger partial charge in [0, 0.05) is 11.8 Å². The molecule has 0 amide bonds. The van der Waals surface area contributed by atoms with Crippen LogP contribution in [-0.4, -0.2) is 30.8 Å². The Hall–Kier alpha value is -3.93. The number of nitriles is 1. The normalized spacial score (nSPS) is 10.3. The Kier molecular flexibility index (Phi) is 4.24. The number of carboxylic acid groups (broad SMARTS) is 1. The number of carbonyl (C=O) groups is 1. The fourth-order valence-electron chi connectivity index (χ4n) is 2.53. The van der Waals surface area contributed by atoms with E-state index in [0.717, 1.165) is 27.7 Å². The largest absolute Gasteiger partial charge is 0.477 e. The maximum absolute atomic E-state index is 11.1. The number of nitrogens with one attached hydrogen (secondary N) is 1.